The van der Waals surface area contributed by atoms with Gasteiger partial charge in [-0.05, 0) is 67.1 Å². The van der Waals surface area contributed by atoms with Gasteiger partial charge >= 0.3 is 5.97 Å². The molecule has 0 saturated heterocycles. The fourth-order valence-electron chi connectivity index (χ4n) is 2.53. The Morgan fingerprint density at radius 2 is 1.74 bits per heavy atom. The van der Waals surface area contributed by atoms with Crippen LogP contribution in [0.2, 0.25) is 5.02 Å². The quantitative estimate of drug-likeness (QED) is 0.235. The van der Waals surface area contributed by atoms with Crippen molar-refractivity contribution in [3.05, 3.63) is 88.9 Å². The van der Waals surface area contributed by atoms with Crippen molar-refractivity contribution in [3.8, 4) is 11.5 Å². The van der Waals surface area contributed by atoms with E-state index in [0.29, 0.717) is 28.5 Å². The van der Waals surface area contributed by atoms with Crippen molar-refractivity contribution >= 4 is 33.8 Å². The van der Waals surface area contributed by atoms with E-state index in [1.807, 2.05) is 0 Å². The van der Waals surface area contributed by atoms with Gasteiger partial charge in [-0.3, -0.25) is 0 Å². The minimum atomic E-state index is -3.83. The predicted octanol–water partition coefficient (Wildman–Crippen LogP) is 4.27. The minimum absolute atomic E-state index is 0.0345. The van der Waals surface area contributed by atoms with Gasteiger partial charge in [0.15, 0.2) is 11.5 Å². The van der Waals surface area contributed by atoms with Gasteiger partial charge in [0.2, 0.25) is 0 Å². The summed E-state index contributed by atoms with van der Waals surface area (Å²) in [5, 5.41) is 4.22. The standard InChI is InChI=1S/C22H19ClN2O5S/c1-2-29-21-14-16(8-13-20(21)30-22(26)17-6-4-3-5-7-17)15-24-25-31(27,28)19-11-9-18(23)10-12-19/h3-15,25H,2H2,1H3/b24-15-. The Hall–Kier alpha value is -3.36. The monoisotopic (exact) mass is 458 g/mol. The number of sulfonamides is 1. The lowest BCUT2D eigenvalue weighted by atomic mass is 10.2. The molecule has 0 fully saturated rings. The number of carbonyl (C=O) groups is 1. The average Bonchev–Trinajstić information content (AvgIpc) is 2.76. The van der Waals surface area contributed by atoms with Crippen LogP contribution in [0.1, 0.15) is 22.8 Å². The third-order valence-corrected chi connectivity index (χ3v) is 5.48. The van der Waals surface area contributed by atoms with E-state index in [1.54, 1.807) is 55.5 Å². The third-order valence-electron chi connectivity index (χ3n) is 3.99. The molecule has 7 nitrogen and oxygen atoms in total. The molecule has 0 aliphatic carbocycles. The van der Waals surface area contributed by atoms with E-state index in [4.69, 9.17) is 21.1 Å². The molecule has 160 valence electrons. The zero-order chi connectivity index (χ0) is 22.3. The molecule has 0 aliphatic rings. The molecule has 0 unspecified atom stereocenters. The molecule has 3 aromatic carbocycles. The molecule has 0 saturated carbocycles. The number of esters is 1. The lowest BCUT2D eigenvalue weighted by Gasteiger charge is -2.11. The van der Waals surface area contributed by atoms with Crippen molar-refractivity contribution < 1.29 is 22.7 Å². The SMILES string of the molecule is CCOc1cc(/C=N\NS(=O)(=O)c2ccc(Cl)cc2)ccc1OC(=O)c1ccccc1. The summed E-state index contributed by atoms with van der Waals surface area (Å²) in [5.41, 5.74) is 0.953. The zero-order valence-corrected chi connectivity index (χ0v) is 18.1. The molecule has 0 aromatic heterocycles. The van der Waals surface area contributed by atoms with E-state index >= 15 is 0 Å². The molecule has 0 aliphatic heterocycles. The number of ether oxygens (including phenoxy) is 2. The number of nitrogens with one attached hydrogen (secondary N) is 1. The second-order valence-electron chi connectivity index (χ2n) is 6.20. The first-order valence-corrected chi connectivity index (χ1v) is 11.1. The van der Waals surface area contributed by atoms with Crippen LogP contribution in [-0.2, 0) is 10.0 Å². The van der Waals surface area contributed by atoms with Gasteiger partial charge in [-0.2, -0.15) is 13.5 Å². The smallest absolute Gasteiger partial charge is 0.343 e. The Bertz CT molecular complexity index is 1180. The molecule has 9 heteroatoms. The molecular weight excluding hydrogens is 440 g/mol. The fourth-order valence-corrected chi connectivity index (χ4v) is 3.44. The lowest BCUT2D eigenvalue weighted by Crippen LogP contribution is -2.18. The van der Waals surface area contributed by atoms with Crippen molar-refractivity contribution in [1.29, 1.82) is 0 Å². The van der Waals surface area contributed by atoms with Gasteiger partial charge in [0.25, 0.3) is 10.0 Å². The first kappa shape index (κ1) is 22.3. The van der Waals surface area contributed by atoms with E-state index in [-0.39, 0.29) is 10.6 Å². The van der Waals surface area contributed by atoms with E-state index in [1.165, 1.54) is 30.5 Å². The summed E-state index contributed by atoms with van der Waals surface area (Å²) in [5.74, 6) is 0.0598. The maximum atomic E-state index is 12.3. The average molecular weight is 459 g/mol. The van der Waals surface area contributed by atoms with Crippen molar-refractivity contribution in [2.75, 3.05) is 6.61 Å². The van der Waals surface area contributed by atoms with E-state index < -0.39 is 16.0 Å². The fraction of sp³-hybridized carbons (Fsp3) is 0.0909. The normalized spacial score (nSPS) is 11.3. The molecule has 0 heterocycles. The number of carbonyl (C=O) groups excluding carboxylic acids is 1. The molecule has 3 rings (SSSR count). The highest BCUT2D eigenvalue weighted by Gasteiger charge is 2.14. The van der Waals surface area contributed by atoms with Crippen LogP contribution in [0.4, 0.5) is 0 Å². The number of halogens is 1. The van der Waals surface area contributed by atoms with Crippen LogP contribution in [0.15, 0.2) is 82.8 Å². The Morgan fingerprint density at radius 3 is 2.42 bits per heavy atom. The molecule has 0 spiro atoms. The van der Waals surface area contributed by atoms with Crippen LogP contribution >= 0.6 is 11.6 Å². The van der Waals surface area contributed by atoms with Gasteiger partial charge in [-0.25, -0.2) is 9.63 Å². The molecule has 0 amide bonds. The van der Waals surface area contributed by atoms with E-state index in [9.17, 15) is 13.2 Å². The second-order valence-corrected chi connectivity index (χ2v) is 8.30. The summed E-state index contributed by atoms with van der Waals surface area (Å²) in [4.78, 5) is 14.5. The number of hydrazone groups is 1. The maximum Gasteiger partial charge on any atom is 0.343 e. The van der Waals surface area contributed by atoms with E-state index in [0.717, 1.165) is 0 Å². The highest BCUT2D eigenvalue weighted by Crippen LogP contribution is 2.29. The summed E-state index contributed by atoms with van der Waals surface area (Å²) in [6, 6.07) is 19.1. The highest BCUT2D eigenvalue weighted by atomic mass is 35.5. The van der Waals surface area contributed by atoms with Gasteiger partial charge < -0.3 is 9.47 Å². The maximum absolute atomic E-state index is 12.3. The summed E-state index contributed by atoms with van der Waals surface area (Å²) in [6.45, 7) is 2.14. The van der Waals surface area contributed by atoms with Gasteiger partial charge in [-0.15, -0.1) is 0 Å². The summed E-state index contributed by atoms with van der Waals surface area (Å²) in [7, 11) is -3.83. The first-order valence-electron chi connectivity index (χ1n) is 9.23. The molecule has 1 N–H and O–H groups in total. The van der Waals surface area contributed by atoms with Crippen LogP contribution in [-0.4, -0.2) is 27.2 Å². The van der Waals surface area contributed by atoms with Gasteiger partial charge in [0.1, 0.15) is 0 Å². The van der Waals surface area contributed by atoms with E-state index in [2.05, 4.69) is 9.93 Å². The van der Waals surface area contributed by atoms with Crippen molar-refractivity contribution in [2.45, 2.75) is 11.8 Å². The number of hydrogen-bond donors (Lipinski definition) is 1. The van der Waals surface area contributed by atoms with Gasteiger partial charge in [0.05, 0.1) is 23.3 Å². The Labute approximate surface area is 185 Å². The lowest BCUT2D eigenvalue weighted by molar-refractivity contribution is 0.0728. The minimum Gasteiger partial charge on any atom is -0.490 e. The van der Waals surface area contributed by atoms with Crippen LogP contribution in [0.5, 0.6) is 11.5 Å². The largest absolute Gasteiger partial charge is 0.490 e. The molecule has 3 aromatic rings. The topological polar surface area (TPSA) is 94.1 Å². The second kappa shape index (κ2) is 10.1. The number of rotatable bonds is 8. The summed E-state index contributed by atoms with van der Waals surface area (Å²) >= 11 is 5.78. The first-order chi connectivity index (χ1) is 14.9. The number of hydrogen-bond acceptors (Lipinski definition) is 6. The number of nitrogens with zero attached hydrogens (tertiary/aromatic N) is 1. The summed E-state index contributed by atoms with van der Waals surface area (Å²) < 4.78 is 35.5. The van der Waals surface area contributed by atoms with Crippen molar-refractivity contribution in [3.63, 3.8) is 0 Å². The van der Waals surface area contributed by atoms with Crippen molar-refractivity contribution in [2.24, 2.45) is 5.10 Å². The van der Waals surface area contributed by atoms with Crippen LogP contribution in [0.3, 0.4) is 0 Å². The van der Waals surface area contributed by atoms with Crippen LogP contribution < -0.4 is 14.3 Å². The highest BCUT2D eigenvalue weighted by molar-refractivity contribution is 7.89. The molecule has 0 radical (unpaired) electrons. The van der Waals surface area contributed by atoms with Gasteiger partial charge in [0, 0.05) is 5.02 Å². The third kappa shape index (κ3) is 6.07. The predicted molar refractivity (Wildman–Crippen MR) is 118 cm³/mol. The van der Waals surface area contributed by atoms with Gasteiger partial charge in [-0.1, -0.05) is 29.8 Å². The molecule has 0 bridgehead atoms. The molecule has 31 heavy (non-hydrogen) atoms. The molecular formula is C22H19ClN2O5S. The van der Waals surface area contributed by atoms with Crippen LogP contribution in [0.25, 0.3) is 0 Å². The Balaban J connectivity index is 1.74. The Morgan fingerprint density at radius 1 is 1.03 bits per heavy atom. The zero-order valence-electron chi connectivity index (χ0n) is 16.5. The van der Waals surface area contributed by atoms with Crippen molar-refractivity contribution in [1.82, 2.24) is 4.83 Å². The van der Waals surface area contributed by atoms with Crippen LogP contribution in [0, 0.1) is 0 Å². The number of benzene rings is 3. The molecule has 0 atom stereocenters. The summed E-state index contributed by atoms with van der Waals surface area (Å²) in [6.07, 6.45) is 1.32. The Kier molecular flexibility index (Phi) is 7.28.